The van der Waals surface area contributed by atoms with Gasteiger partial charge in [0, 0.05) is 19.3 Å². The Morgan fingerprint density at radius 2 is 2.44 bits per heavy atom. The third kappa shape index (κ3) is 3.20. The van der Waals surface area contributed by atoms with E-state index in [4.69, 9.17) is 0 Å². The highest BCUT2D eigenvalue weighted by atomic mass is 16.3. The van der Waals surface area contributed by atoms with E-state index in [1.807, 2.05) is 0 Å². The highest BCUT2D eigenvalue weighted by Crippen LogP contribution is 2.15. The maximum absolute atomic E-state index is 11.8. The van der Waals surface area contributed by atoms with Crippen LogP contribution in [0.3, 0.4) is 0 Å². The van der Waals surface area contributed by atoms with E-state index < -0.39 is 0 Å². The molecule has 1 aliphatic rings. The minimum Gasteiger partial charge on any atom is -0.506 e. The lowest BCUT2D eigenvalue weighted by atomic mass is 10.1. The number of aromatic nitrogens is 1. The molecule has 1 aromatic rings. The Morgan fingerprint density at radius 3 is 3.11 bits per heavy atom. The molecule has 2 N–H and O–H groups in total. The molecular weight excluding hydrogens is 230 g/mol. The number of carbonyl (C=O) groups excluding carboxylic acids is 1. The fourth-order valence-corrected chi connectivity index (χ4v) is 2.26. The van der Waals surface area contributed by atoms with Crippen molar-refractivity contribution in [3.63, 3.8) is 0 Å². The number of aromatic hydroxyl groups is 1. The highest BCUT2D eigenvalue weighted by molar-refractivity contribution is 5.94. The normalized spacial score (nSPS) is 19.9. The van der Waals surface area contributed by atoms with Gasteiger partial charge in [-0.25, -0.2) is 0 Å². The average Bonchev–Trinajstić information content (AvgIpc) is 2.84. The topological polar surface area (TPSA) is 65.5 Å². The molecule has 1 atom stereocenters. The zero-order chi connectivity index (χ0) is 13.0. The van der Waals surface area contributed by atoms with Crippen molar-refractivity contribution < 1.29 is 9.90 Å². The van der Waals surface area contributed by atoms with Gasteiger partial charge in [0.25, 0.3) is 5.91 Å². The molecule has 5 nitrogen and oxygen atoms in total. The number of likely N-dealkylation sites (tertiary alicyclic amines) is 1. The summed E-state index contributed by atoms with van der Waals surface area (Å²) in [7, 11) is 0. The molecular formula is C13H19N3O2. The van der Waals surface area contributed by atoms with E-state index in [1.165, 1.54) is 18.5 Å². The van der Waals surface area contributed by atoms with Crippen molar-refractivity contribution in [1.82, 2.24) is 15.2 Å². The summed E-state index contributed by atoms with van der Waals surface area (Å²) in [5.74, 6) is 0.369. The summed E-state index contributed by atoms with van der Waals surface area (Å²) in [5.41, 5.74) is 0.403. The van der Waals surface area contributed by atoms with Crippen molar-refractivity contribution in [2.45, 2.75) is 13.3 Å². The number of nitrogens with one attached hydrogen (secondary N) is 1. The van der Waals surface area contributed by atoms with E-state index in [-0.39, 0.29) is 11.7 Å². The maximum Gasteiger partial charge on any atom is 0.252 e. The molecule has 0 aromatic carbocycles. The van der Waals surface area contributed by atoms with E-state index in [0.29, 0.717) is 18.0 Å². The largest absolute Gasteiger partial charge is 0.506 e. The molecule has 98 valence electrons. The van der Waals surface area contributed by atoms with Crippen LogP contribution in [0, 0.1) is 5.92 Å². The molecule has 1 fully saturated rings. The quantitative estimate of drug-likeness (QED) is 0.830. The number of amides is 1. The molecule has 1 aliphatic heterocycles. The maximum atomic E-state index is 11.8. The summed E-state index contributed by atoms with van der Waals surface area (Å²) in [4.78, 5) is 18.0. The van der Waals surface area contributed by atoms with Crippen molar-refractivity contribution in [3.05, 3.63) is 24.0 Å². The summed E-state index contributed by atoms with van der Waals surface area (Å²) >= 11 is 0. The number of nitrogens with zero attached hydrogens (tertiary/aromatic N) is 2. The lowest BCUT2D eigenvalue weighted by molar-refractivity contribution is 0.0946. The van der Waals surface area contributed by atoms with Crippen LogP contribution >= 0.6 is 0 Å². The molecule has 1 aromatic heterocycles. The van der Waals surface area contributed by atoms with Gasteiger partial charge in [-0.2, -0.15) is 0 Å². The zero-order valence-electron chi connectivity index (χ0n) is 10.6. The molecule has 0 bridgehead atoms. The van der Waals surface area contributed by atoms with Gasteiger partial charge in [0.05, 0.1) is 11.8 Å². The first-order valence-electron chi connectivity index (χ1n) is 6.33. The molecule has 1 amide bonds. The van der Waals surface area contributed by atoms with Crippen molar-refractivity contribution in [2.24, 2.45) is 5.92 Å². The monoisotopic (exact) mass is 249 g/mol. The van der Waals surface area contributed by atoms with E-state index in [0.717, 1.165) is 26.1 Å². The second-order valence-electron chi connectivity index (χ2n) is 4.69. The minimum atomic E-state index is -0.173. The van der Waals surface area contributed by atoms with Crippen molar-refractivity contribution in [3.8, 4) is 5.75 Å². The summed E-state index contributed by atoms with van der Waals surface area (Å²) in [6, 6.07) is 1.43. The van der Waals surface area contributed by atoms with Crippen LogP contribution in [-0.4, -0.2) is 47.1 Å². The lowest BCUT2D eigenvalue weighted by Crippen LogP contribution is -2.31. The van der Waals surface area contributed by atoms with Crippen molar-refractivity contribution in [1.29, 1.82) is 0 Å². The minimum absolute atomic E-state index is 0.0145. The van der Waals surface area contributed by atoms with Crippen LogP contribution < -0.4 is 5.32 Å². The zero-order valence-corrected chi connectivity index (χ0v) is 10.6. The highest BCUT2D eigenvalue weighted by Gasteiger charge is 2.21. The Bertz CT molecular complexity index is 422. The molecule has 0 spiro atoms. The van der Waals surface area contributed by atoms with Gasteiger partial charge in [0.15, 0.2) is 0 Å². The predicted molar refractivity (Wildman–Crippen MR) is 68.5 cm³/mol. The third-order valence-corrected chi connectivity index (χ3v) is 3.35. The summed E-state index contributed by atoms with van der Waals surface area (Å²) in [6.45, 7) is 6.07. The van der Waals surface area contributed by atoms with E-state index >= 15 is 0 Å². The van der Waals surface area contributed by atoms with Crippen LogP contribution in [0.4, 0.5) is 0 Å². The second-order valence-corrected chi connectivity index (χ2v) is 4.69. The van der Waals surface area contributed by atoms with Crippen LogP contribution in [0.2, 0.25) is 0 Å². The number of rotatable bonds is 4. The SMILES string of the molecule is CCN1CCC(CNC(=O)c2cncc(O)c2)C1. The van der Waals surface area contributed by atoms with Gasteiger partial charge in [-0.15, -0.1) is 0 Å². The summed E-state index contributed by atoms with van der Waals surface area (Å²) in [6.07, 6.45) is 3.90. The van der Waals surface area contributed by atoms with E-state index in [9.17, 15) is 9.90 Å². The van der Waals surface area contributed by atoms with Crippen LogP contribution in [0.25, 0.3) is 0 Å². The Labute approximate surface area is 107 Å². The summed E-state index contributed by atoms with van der Waals surface area (Å²) < 4.78 is 0. The molecule has 2 rings (SSSR count). The fraction of sp³-hybridized carbons (Fsp3) is 0.538. The first-order chi connectivity index (χ1) is 8.69. The van der Waals surface area contributed by atoms with Gasteiger partial charge >= 0.3 is 0 Å². The second kappa shape index (κ2) is 5.82. The van der Waals surface area contributed by atoms with Gasteiger partial charge in [0.2, 0.25) is 0 Å². The number of hydrogen-bond acceptors (Lipinski definition) is 4. The van der Waals surface area contributed by atoms with Crippen molar-refractivity contribution in [2.75, 3.05) is 26.2 Å². The standard InChI is InChI=1S/C13H19N3O2/c1-2-16-4-3-10(9-16)6-15-13(18)11-5-12(17)8-14-7-11/h5,7-8,10,17H,2-4,6,9H2,1H3,(H,15,18). The third-order valence-electron chi connectivity index (χ3n) is 3.35. The lowest BCUT2D eigenvalue weighted by Gasteiger charge is -2.13. The molecule has 1 unspecified atom stereocenters. The average molecular weight is 249 g/mol. The fourth-order valence-electron chi connectivity index (χ4n) is 2.26. The van der Waals surface area contributed by atoms with Gasteiger partial charge in [-0.1, -0.05) is 6.92 Å². The first-order valence-corrected chi connectivity index (χ1v) is 6.33. The Kier molecular flexibility index (Phi) is 4.15. The van der Waals surface area contributed by atoms with E-state index in [1.54, 1.807) is 0 Å². The molecule has 2 heterocycles. The Hall–Kier alpha value is -1.62. The smallest absolute Gasteiger partial charge is 0.252 e. The van der Waals surface area contributed by atoms with Crippen LogP contribution in [0.1, 0.15) is 23.7 Å². The van der Waals surface area contributed by atoms with Gasteiger partial charge < -0.3 is 15.3 Å². The molecule has 0 radical (unpaired) electrons. The Morgan fingerprint density at radius 1 is 1.61 bits per heavy atom. The molecule has 1 saturated heterocycles. The van der Waals surface area contributed by atoms with Gasteiger partial charge in [-0.3, -0.25) is 9.78 Å². The Balaban J connectivity index is 1.82. The van der Waals surface area contributed by atoms with Crippen LogP contribution in [0.5, 0.6) is 5.75 Å². The molecule has 0 saturated carbocycles. The number of pyridine rings is 1. The van der Waals surface area contributed by atoms with Crippen molar-refractivity contribution >= 4 is 5.91 Å². The number of hydrogen-bond donors (Lipinski definition) is 2. The van der Waals surface area contributed by atoms with Crippen LogP contribution in [-0.2, 0) is 0 Å². The van der Waals surface area contributed by atoms with Gasteiger partial charge in [0.1, 0.15) is 5.75 Å². The molecule has 0 aliphatic carbocycles. The van der Waals surface area contributed by atoms with Crippen LogP contribution in [0.15, 0.2) is 18.5 Å². The predicted octanol–water partition coefficient (Wildman–Crippen LogP) is 0.859. The number of carbonyl (C=O) groups is 1. The first kappa shape index (κ1) is 12.8. The van der Waals surface area contributed by atoms with Gasteiger partial charge in [-0.05, 0) is 31.5 Å². The molecule has 5 heteroatoms. The summed E-state index contributed by atoms with van der Waals surface area (Å²) in [5, 5.41) is 12.2. The van der Waals surface area contributed by atoms with E-state index in [2.05, 4.69) is 22.1 Å². The molecule has 18 heavy (non-hydrogen) atoms.